The Morgan fingerprint density at radius 1 is 1.16 bits per heavy atom. The number of rotatable bonds is 4. The first-order valence-electron chi connectivity index (χ1n) is 7.63. The van der Waals surface area contributed by atoms with Crippen LogP contribution in [0.2, 0.25) is 0 Å². The van der Waals surface area contributed by atoms with E-state index in [1.165, 1.54) is 37.7 Å². The van der Waals surface area contributed by atoms with Gasteiger partial charge in [-0.3, -0.25) is 0 Å². The maximum absolute atomic E-state index is 9.99. The number of benzene rings is 1. The van der Waals surface area contributed by atoms with Gasteiger partial charge in [0.05, 0.1) is 0 Å². The number of hydrogen-bond acceptors (Lipinski definition) is 2. The molecule has 0 bridgehead atoms. The van der Waals surface area contributed by atoms with Crippen molar-refractivity contribution in [3.05, 3.63) is 29.3 Å². The molecule has 1 saturated carbocycles. The molecule has 0 heterocycles. The van der Waals surface area contributed by atoms with Crippen LogP contribution < -0.4 is 5.32 Å². The summed E-state index contributed by atoms with van der Waals surface area (Å²) in [6.07, 6.45) is 6.85. The zero-order chi connectivity index (χ0) is 13.8. The largest absolute Gasteiger partial charge is 0.508 e. The number of phenolic OH excluding ortho intramolecular Hbond substituents is 1. The van der Waals surface area contributed by atoms with E-state index in [0.717, 1.165) is 11.5 Å². The first-order chi connectivity index (χ1) is 9.08. The van der Waals surface area contributed by atoms with Gasteiger partial charge in [0.25, 0.3) is 0 Å². The monoisotopic (exact) mass is 261 g/mol. The molecule has 2 nitrogen and oxygen atoms in total. The second-order valence-corrected chi connectivity index (χ2v) is 6.14. The van der Waals surface area contributed by atoms with E-state index in [2.05, 4.69) is 32.2 Å². The molecular formula is C17H27NO. The predicted octanol–water partition coefficient (Wildman–Crippen LogP) is 4.32. The Morgan fingerprint density at radius 3 is 2.53 bits per heavy atom. The zero-order valence-corrected chi connectivity index (χ0v) is 12.4. The van der Waals surface area contributed by atoms with Gasteiger partial charge in [0.1, 0.15) is 5.75 Å². The van der Waals surface area contributed by atoms with E-state index in [9.17, 15) is 5.11 Å². The molecule has 2 heteroatoms. The molecule has 19 heavy (non-hydrogen) atoms. The minimum atomic E-state index is 0.205. The highest BCUT2D eigenvalue weighted by molar-refractivity contribution is 5.37. The van der Waals surface area contributed by atoms with Crippen molar-refractivity contribution in [2.24, 2.45) is 5.92 Å². The van der Waals surface area contributed by atoms with Crippen LogP contribution in [0, 0.1) is 12.8 Å². The SMILES string of the molecule is Cc1ccc(O)c(C(C)N[C@@H](C)C2CCCCC2)c1. The van der Waals surface area contributed by atoms with Crippen LogP contribution in [0.4, 0.5) is 0 Å². The van der Waals surface area contributed by atoms with Gasteiger partial charge in [-0.2, -0.15) is 0 Å². The lowest BCUT2D eigenvalue weighted by molar-refractivity contribution is 0.267. The molecule has 106 valence electrons. The van der Waals surface area contributed by atoms with E-state index >= 15 is 0 Å². The average Bonchev–Trinajstić information content (AvgIpc) is 2.42. The molecule has 1 aromatic rings. The van der Waals surface area contributed by atoms with Crippen LogP contribution in [0.1, 0.15) is 63.1 Å². The summed E-state index contributed by atoms with van der Waals surface area (Å²) in [5.74, 6) is 1.20. The van der Waals surface area contributed by atoms with Crippen LogP contribution in [0.25, 0.3) is 0 Å². The van der Waals surface area contributed by atoms with Gasteiger partial charge >= 0.3 is 0 Å². The third-order valence-electron chi connectivity index (χ3n) is 4.52. The molecule has 0 amide bonds. The normalized spacial score (nSPS) is 20.2. The summed E-state index contributed by atoms with van der Waals surface area (Å²) in [5, 5.41) is 13.7. The van der Waals surface area contributed by atoms with E-state index in [1.807, 2.05) is 6.07 Å². The summed E-state index contributed by atoms with van der Waals surface area (Å²) in [4.78, 5) is 0. The van der Waals surface area contributed by atoms with Crippen molar-refractivity contribution >= 4 is 0 Å². The molecule has 1 aliphatic carbocycles. The predicted molar refractivity (Wildman–Crippen MR) is 80.4 cm³/mol. The second-order valence-electron chi connectivity index (χ2n) is 6.14. The average molecular weight is 261 g/mol. The quantitative estimate of drug-likeness (QED) is 0.846. The van der Waals surface area contributed by atoms with Crippen LogP contribution in [0.15, 0.2) is 18.2 Å². The van der Waals surface area contributed by atoms with Crippen LogP contribution in [-0.2, 0) is 0 Å². The summed E-state index contributed by atoms with van der Waals surface area (Å²) in [6, 6.07) is 6.57. The lowest BCUT2D eigenvalue weighted by atomic mass is 9.84. The van der Waals surface area contributed by atoms with Crippen molar-refractivity contribution in [3.63, 3.8) is 0 Å². The molecule has 2 atom stereocenters. The maximum atomic E-state index is 9.99. The van der Waals surface area contributed by atoms with Crippen molar-refractivity contribution < 1.29 is 5.11 Å². The highest BCUT2D eigenvalue weighted by atomic mass is 16.3. The molecule has 2 N–H and O–H groups in total. The molecule has 1 aliphatic rings. The fraction of sp³-hybridized carbons (Fsp3) is 0.647. The third-order valence-corrected chi connectivity index (χ3v) is 4.52. The fourth-order valence-electron chi connectivity index (χ4n) is 3.28. The van der Waals surface area contributed by atoms with Gasteiger partial charge in [-0.25, -0.2) is 0 Å². The lowest BCUT2D eigenvalue weighted by Crippen LogP contribution is -2.36. The molecule has 0 spiro atoms. The molecule has 1 fully saturated rings. The molecule has 0 aliphatic heterocycles. The van der Waals surface area contributed by atoms with Gasteiger partial charge < -0.3 is 10.4 Å². The Kier molecular flexibility index (Phi) is 4.87. The first-order valence-corrected chi connectivity index (χ1v) is 7.63. The van der Waals surface area contributed by atoms with Gasteiger partial charge in [0, 0.05) is 17.6 Å². The Labute approximate surface area is 117 Å². The van der Waals surface area contributed by atoms with Gasteiger partial charge in [0.15, 0.2) is 0 Å². The number of aryl methyl sites for hydroxylation is 1. The Bertz CT molecular complexity index is 410. The van der Waals surface area contributed by atoms with Crippen LogP contribution >= 0.6 is 0 Å². The van der Waals surface area contributed by atoms with Crippen molar-refractivity contribution in [1.82, 2.24) is 5.32 Å². The standard InChI is InChI=1S/C17H27NO/c1-12-9-10-17(19)16(11-12)14(3)18-13(2)15-7-5-4-6-8-15/h9-11,13-15,18-19H,4-8H2,1-3H3/t13-,14?/m0/s1. The van der Waals surface area contributed by atoms with Gasteiger partial charge in [-0.15, -0.1) is 0 Å². The highest BCUT2D eigenvalue weighted by Crippen LogP contribution is 2.29. The van der Waals surface area contributed by atoms with Crippen LogP contribution in [-0.4, -0.2) is 11.1 Å². The molecule has 0 saturated heterocycles. The number of nitrogens with one attached hydrogen (secondary N) is 1. The van der Waals surface area contributed by atoms with Crippen molar-refractivity contribution in [2.45, 2.75) is 65.0 Å². The Hall–Kier alpha value is -1.02. The van der Waals surface area contributed by atoms with Gasteiger partial charge in [0.2, 0.25) is 0 Å². The summed E-state index contributed by atoms with van der Waals surface area (Å²) in [6.45, 7) is 6.51. The summed E-state index contributed by atoms with van der Waals surface area (Å²) in [5.41, 5.74) is 2.22. The minimum absolute atomic E-state index is 0.205. The van der Waals surface area contributed by atoms with E-state index in [1.54, 1.807) is 6.07 Å². The van der Waals surface area contributed by atoms with Crippen LogP contribution in [0.3, 0.4) is 0 Å². The maximum Gasteiger partial charge on any atom is 0.120 e. The van der Waals surface area contributed by atoms with Crippen molar-refractivity contribution in [1.29, 1.82) is 0 Å². The molecule has 0 radical (unpaired) electrons. The van der Waals surface area contributed by atoms with Gasteiger partial charge in [-0.05, 0) is 45.6 Å². The van der Waals surface area contributed by atoms with Crippen molar-refractivity contribution in [3.8, 4) is 5.75 Å². The summed E-state index contributed by atoms with van der Waals surface area (Å²) in [7, 11) is 0. The minimum Gasteiger partial charge on any atom is -0.508 e. The number of aromatic hydroxyl groups is 1. The van der Waals surface area contributed by atoms with E-state index < -0.39 is 0 Å². The van der Waals surface area contributed by atoms with Crippen molar-refractivity contribution in [2.75, 3.05) is 0 Å². The zero-order valence-electron chi connectivity index (χ0n) is 12.4. The Morgan fingerprint density at radius 2 is 1.84 bits per heavy atom. The summed E-state index contributed by atoms with van der Waals surface area (Å²) >= 11 is 0. The van der Waals surface area contributed by atoms with E-state index in [-0.39, 0.29) is 6.04 Å². The molecular weight excluding hydrogens is 234 g/mol. The molecule has 1 unspecified atom stereocenters. The second kappa shape index (κ2) is 6.42. The highest BCUT2D eigenvalue weighted by Gasteiger charge is 2.22. The fourth-order valence-corrected chi connectivity index (χ4v) is 3.28. The Balaban J connectivity index is 1.99. The smallest absolute Gasteiger partial charge is 0.120 e. The number of phenols is 1. The summed E-state index contributed by atoms with van der Waals surface area (Å²) < 4.78 is 0. The first kappa shape index (κ1) is 14.4. The van der Waals surface area contributed by atoms with Crippen LogP contribution in [0.5, 0.6) is 5.75 Å². The lowest BCUT2D eigenvalue weighted by Gasteiger charge is -2.31. The molecule has 2 rings (SSSR count). The molecule has 1 aromatic carbocycles. The third kappa shape index (κ3) is 3.73. The van der Waals surface area contributed by atoms with E-state index in [4.69, 9.17) is 0 Å². The molecule has 0 aromatic heterocycles. The topological polar surface area (TPSA) is 32.3 Å². The van der Waals surface area contributed by atoms with Gasteiger partial charge in [-0.1, -0.05) is 37.0 Å². The van der Waals surface area contributed by atoms with E-state index in [0.29, 0.717) is 11.8 Å². The number of hydrogen-bond donors (Lipinski definition) is 2.